The lowest BCUT2D eigenvalue weighted by Gasteiger charge is -2.18. The molecule has 1 aromatic rings. The zero-order valence-corrected chi connectivity index (χ0v) is 12.8. The first-order valence-corrected chi connectivity index (χ1v) is 7.52. The van der Waals surface area contributed by atoms with Gasteiger partial charge < -0.3 is 10.1 Å². The van der Waals surface area contributed by atoms with E-state index in [1.165, 1.54) is 0 Å². The van der Waals surface area contributed by atoms with Gasteiger partial charge >= 0.3 is 0 Å². The number of ether oxygens (including phenoxy) is 1. The average molecular weight is 304 g/mol. The van der Waals surface area contributed by atoms with Gasteiger partial charge in [0.25, 0.3) is 11.8 Å². The number of nitrogens with one attached hydrogen (secondary N) is 1. The van der Waals surface area contributed by atoms with Crippen molar-refractivity contribution >= 4 is 17.6 Å². The fourth-order valence-corrected chi connectivity index (χ4v) is 2.84. The van der Waals surface area contributed by atoms with Crippen LogP contribution in [-0.4, -0.2) is 40.8 Å². The molecule has 1 saturated heterocycles. The fraction of sp³-hybridized carbons (Fsp3) is 0.533. The second-order valence-electron chi connectivity index (χ2n) is 5.63. The third kappa shape index (κ3) is 2.70. The Hall–Kier alpha value is -2.31. The largest absolute Gasteiger partial charge is 0.488 e. The van der Waals surface area contributed by atoms with Gasteiger partial charge in [-0.05, 0) is 32.3 Å². The molecule has 1 fully saturated rings. The molecule has 118 valence electrons. The average Bonchev–Trinajstić information content (AvgIpc) is 3.03. The summed E-state index contributed by atoms with van der Waals surface area (Å²) < 4.78 is 7.01. The molecule has 0 aliphatic carbocycles. The van der Waals surface area contributed by atoms with E-state index < -0.39 is 6.04 Å². The fourth-order valence-electron chi connectivity index (χ4n) is 2.84. The Labute approximate surface area is 128 Å². The number of allylic oxidation sites excluding steroid dienone is 1. The molecule has 0 saturated carbocycles. The molecule has 3 rings (SSSR count). The van der Waals surface area contributed by atoms with Crippen molar-refractivity contribution in [2.45, 2.75) is 32.2 Å². The van der Waals surface area contributed by atoms with Crippen LogP contribution in [0.15, 0.2) is 17.9 Å². The monoisotopic (exact) mass is 304 g/mol. The summed E-state index contributed by atoms with van der Waals surface area (Å²) >= 11 is 0. The molecule has 2 amide bonds. The zero-order chi connectivity index (χ0) is 15.7. The summed E-state index contributed by atoms with van der Waals surface area (Å²) in [5.41, 5.74) is 0.860. The molecule has 3 heterocycles. The number of hydrogen-bond donors (Lipinski definition) is 1. The van der Waals surface area contributed by atoms with Crippen LogP contribution < -0.4 is 10.2 Å². The first-order valence-electron chi connectivity index (χ1n) is 7.52. The molecular formula is C15H20N4O3. The van der Waals surface area contributed by atoms with Crippen molar-refractivity contribution < 1.29 is 14.3 Å². The Morgan fingerprint density at radius 3 is 2.95 bits per heavy atom. The molecule has 7 heteroatoms. The van der Waals surface area contributed by atoms with Crippen LogP contribution in [-0.2, 0) is 21.4 Å². The van der Waals surface area contributed by atoms with Crippen molar-refractivity contribution in [3.05, 3.63) is 23.6 Å². The number of amides is 2. The standard InChI is InChI=1S/C15H20N4O3/c1-10-9-13(18(2)17-10)19-7-6-11(15(19)21)16-14(20)12-5-3-4-8-22-12/h5,9,11H,3-4,6-8H2,1-2H3,(H,16,20). The Morgan fingerprint density at radius 2 is 2.32 bits per heavy atom. The summed E-state index contributed by atoms with van der Waals surface area (Å²) in [6.45, 7) is 3.01. The van der Waals surface area contributed by atoms with Crippen molar-refractivity contribution in [3.8, 4) is 0 Å². The molecule has 1 N–H and O–H groups in total. The second-order valence-corrected chi connectivity index (χ2v) is 5.63. The molecule has 1 atom stereocenters. The Bertz CT molecular complexity index is 635. The molecule has 0 bridgehead atoms. The predicted octanol–water partition coefficient (Wildman–Crippen LogP) is 0.644. The Balaban J connectivity index is 1.67. The van der Waals surface area contributed by atoms with Gasteiger partial charge in [0.05, 0.1) is 12.3 Å². The molecule has 22 heavy (non-hydrogen) atoms. The number of aryl methyl sites for hydroxylation is 2. The van der Waals surface area contributed by atoms with Crippen LogP contribution in [0, 0.1) is 6.92 Å². The van der Waals surface area contributed by atoms with Crippen molar-refractivity contribution in [1.82, 2.24) is 15.1 Å². The SMILES string of the molecule is Cc1cc(N2CCC(NC(=O)C3=CCCCO3)C2=O)n(C)n1. The highest BCUT2D eigenvalue weighted by Crippen LogP contribution is 2.22. The molecule has 7 nitrogen and oxygen atoms in total. The van der Waals surface area contributed by atoms with Gasteiger partial charge in [-0.3, -0.25) is 19.2 Å². The topological polar surface area (TPSA) is 76.5 Å². The molecule has 2 aliphatic rings. The van der Waals surface area contributed by atoms with Crippen LogP contribution in [0.4, 0.5) is 5.82 Å². The Morgan fingerprint density at radius 1 is 1.50 bits per heavy atom. The van der Waals surface area contributed by atoms with Gasteiger partial charge in [0.1, 0.15) is 11.9 Å². The van der Waals surface area contributed by atoms with Gasteiger partial charge in [-0.2, -0.15) is 5.10 Å². The van der Waals surface area contributed by atoms with Crippen molar-refractivity contribution in [2.75, 3.05) is 18.1 Å². The lowest BCUT2D eigenvalue weighted by atomic mass is 10.2. The molecule has 1 aromatic heterocycles. The summed E-state index contributed by atoms with van der Waals surface area (Å²) in [6, 6.07) is 1.36. The van der Waals surface area contributed by atoms with E-state index in [0.29, 0.717) is 25.3 Å². The predicted molar refractivity (Wildman–Crippen MR) is 80.1 cm³/mol. The smallest absolute Gasteiger partial charge is 0.286 e. The van der Waals surface area contributed by atoms with E-state index in [1.807, 2.05) is 20.0 Å². The summed E-state index contributed by atoms with van der Waals surface area (Å²) in [4.78, 5) is 26.3. The lowest BCUT2D eigenvalue weighted by Crippen LogP contribution is -2.43. The molecule has 2 aliphatic heterocycles. The minimum absolute atomic E-state index is 0.104. The van der Waals surface area contributed by atoms with Gasteiger partial charge in [0.15, 0.2) is 5.76 Å². The number of aromatic nitrogens is 2. The van der Waals surface area contributed by atoms with E-state index in [1.54, 1.807) is 15.7 Å². The van der Waals surface area contributed by atoms with E-state index in [4.69, 9.17) is 4.74 Å². The van der Waals surface area contributed by atoms with Gasteiger partial charge in [-0.25, -0.2) is 0 Å². The number of carbonyl (C=O) groups is 2. The summed E-state index contributed by atoms with van der Waals surface area (Å²) in [5, 5.41) is 7.03. The number of carbonyl (C=O) groups excluding carboxylic acids is 2. The van der Waals surface area contributed by atoms with Crippen LogP contribution in [0.25, 0.3) is 0 Å². The summed E-state index contributed by atoms with van der Waals surface area (Å²) in [7, 11) is 1.81. The van der Waals surface area contributed by atoms with E-state index >= 15 is 0 Å². The molecular weight excluding hydrogens is 284 g/mol. The maximum atomic E-state index is 12.5. The quantitative estimate of drug-likeness (QED) is 0.889. The molecule has 0 radical (unpaired) electrons. The first-order chi connectivity index (χ1) is 10.6. The van der Waals surface area contributed by atoms with Gasteiger partial charge in [-0.15, -0.1) is 0 Å². The van der Waals surface area contributed by atoms with E-state index in [2.05, 4.69) is 10.4 Å². The highest BCUT2D eigenvalue weighted by atomic mass is 16.5. The third-order valence-electron chi connectivity index (χ3n) is 3.92. The van der Waals surface area contributed by atoms with Crippen LogP contribution in [0.5, 0.6) is 0 Å². The number of nitrogens with zero attached hydrogens (tertiary/aromatic N) is 3. The second kappa shape index (κ2) is 5.82. The normalized spacial score (nSPS) is 21.5. The van der Waals surface area contributed by atoms with Crippen LogP contribution in [0.2, 0.25) is 0 Å². The third-order valence-corrected chi connectivity index (χ3v) is 3.92. The van der Waals surface area contributed by atoms with Crippen molar-refractivity contribution in [3.63, 3.8) is 0 Å². The maximum Gasteiger partial charge on any atom is 0.286 e. The minimum Gasteiger partial charge on any atom is -0.488 e. The van der Waals surface area contributed by atoms with Crippen molar-refractivity contribution in [2.24, 2.45) is 7.05 Å². The van der Waals surface area contributed by atoms with E-state index in [9.17, 15) is 9.59 Å². The molecule has 0 spiro atoms. The summed E-state index contributed by atoms with van der Waals surface area (Å²) in [5.74, 6) is 0.676. The molecule has 1 unspecified atom stereocenters. The number of anilines is 1. The van der Waals surface area contributed by atoms with Gasteiger partial charge in [0, 0.05) is 19.7 Å². The van der Waals surface area contributed by atoms with Crippen LogP contribution >= 0.6 is 0 Å². The Kier molecular flexibility index (Phi) is 3.87. The highest BCUT2D eigenvalue weighted by molar-refractivity contribution is 6.02. The van der Waals surface area contributed by atoms with Gasteiger partial charge in [-0.1, -0.05) is 0 Å². The molecule has 0 aromatic carbocycles. The number of hydrogen-bond acceptors (Lipinski definition) is 4. The van der Waals surface area contributed by atoms with Crippen LogP contribution in [0.3, 0.4) is 0 Å². The number of rotatable bonds is 3. The van der Waals surface area contributed by atoms with Crippen LogP contribution in [0.1, 0.15) is 25.0 Å². The lowest BCUT2D eigenvalue weighted by molar-refractivity contribution is -0.126. The van der Waals surface area contributed by atoms with Gasteiger partial charge in [0.2, 0.25) is 0 Å². The minimum atomic E-state index is -0.505. The van der Waals surface area contributed by atoms with E-state index in [-0.39, 0.29) is 11.8 Å². The summed E-state index contributed by atoms with van der Waals surface area (Å²) in [6.07, 6.45) is 4.12. The van der Waals surface area contributed by atoms with E-state index in [0.717, 1.165) is 24.4 Å². The zero-order valence-electron chi connectivity index (χ0n) is 12.8. The maximum absolute atomic E-state index is 12.5. The highest BCUT2D eigenvalue weighted by Gasteiger charge is 2.35. The van der Waals surface area contributed by atoms with Crippen molar-refractivity contribution in [1.29, 1.82) is 0 Å². The first kappa shape index (κ1) is 14.6.